The molecule has 0 bridgehead atoms. The van der Waals surface area contributed by atoms with Gasteiger partial charge in [-0.2, -0.15) is 0 Å². The number of ether oxygens (including phenoxy) is 2. The molecule has 2 amide bonds. The molecule has 7 nitrogen and oxygen atoms in total. The van der Waals surface area contributed by atoms with Gasteiger partial charge >= 0.3 is 0 Å². The van der Waals surface area contributed by atoms with Crippen LogP contribution in [-0.2, 0) is 9.59 Å². The zero-order valence-electron chi connectivity index (χ0n) is 13.6. The quantitative estimate of drug-likeness (QED) is 0.655. The van der Waals surface area contributed by atoms with Crippen LogP contribution in [-0.4, -0.2) is 31.1 Å². The molecule has 2 aromatic carbocycles. The van der Waals surface area contributed by atoms with Gasteiger partial charge in [0, 0.05) is 0 Å². The number of benzene rings is 2. The van der Waals surface area contributed by atoms with Crippen LogP contribution in [0.4, 0.5) is 5.69 Å². The van der Waals surface area contributed by atoms with Crippen molar-refractivity contribution in [2.75, 3.05) is 19.2 Å². The van der Waals surface area contributed by atoms with E-state index in [1.54, 1.807) is 24.3 Å². The van der Waals surface area contributed by atoms with Crippen molar-refractivity contribution >= 4 is 23.6 Å². The maximum atomic E-state index is 12.6. The number of hydrogen-bond acceptors (Lipinski definition) is 5. The first-order chi connectivity index (χ1) is 12.0. The number of phenolic OH excluding ortho intramolecular Hbond substituents is 1. The molecule has 2 aromatic rings. The van der Waals surface area contributed by atoms with Gasteiger partial charge in [0.05, 0.1) is 19.9 Å². The number of methoxy groups -OCH3 is 2. The number of nitrogens with zero attached hydrogens (tertiary/aromatic N) is 1. The summed E-state index contributed by atoms with van der Waals surface area (Å²) in [5, 5.41) is 11.1. The van der Waals surface area contributed by atoms with Gasteiger partial charge in [-0.25, -0.2) is 5.01 Å². The summed E-state index contributed by atoms with van der Waals surface area (Å²) in [6.45, 7) is 0. The average Bonchev–Trinajstić information content (AvgIpc) is 2.91. The van der Waals surface area contributed by atoms with Gasteiger partial charge in [0.25, 0.3) is 11.8 Å². The Bertz CT molecular complexity index is 836. The Morgan fingerprint density at radius 2 is 1.64 bits per heavy atom. The summed E-state index contributed by atoms with van der Waals surface area (Å²) in [7, 11) is 2.80. The van der Waals surface area contributed by atoms with Crippen molar-refractivity contribution in [3.63, 3.8) is 0 Å². The van der Waals surface area contributed by atoms with Crippen LogP contribution in [0.3, 0.4) is 0 Å². The molecule has 0 atom stereocenters. The van der Waals surface area contributed by atoms with Crippen molar-refractivity contribution in [2.24, 2.45) is 0 Å². The lowest BCUT2D eigenvalue weighted by molar-refractivity contribution is -0.117. The van der Waals surface area contributed by atoms with Crippen LogP contribution in [0, 0.1) is 0 Å². The summed E-state index contributed by atoms with van der Waals surface area (Å²) in [6, 6.07) is 11.8. The first-order valence-corrected chi connectivity index (χ1v) is 7.42. The lowest BCUT2D eigenvalue weighted by Gasteiger charge is -2.13. The highest BCUT2D eigenvalue weighted by atomic mass is 16.5. The summed E-state index contributed by atoms with van der Waals surface area (Å²) in [5.41, 5.74) is 3.54. The van der Waals surface area contributed by atoms with Gasteiger partial charge in [-0.3, -0.25) is 15.0 Å². The predicted octanol–water partition coefficient (Wildman–Crippen LogP) is 1.87. The number of nitrogens with one attached hydrogen (secondary N) is 1. The Labute approximate surface area is 144 Å². The summed E-state index contributed by atoms with van der Waals surface area (Å²) in [4.78, 5) is 24.8. The van der Waals surface area contributed by atoms with E-state index < -0.39 is 11.8 Å². The maximum absolute atomic E-state index is 12.6. The van der Waals surface area contributed by atoms with E-state index in [-0.39, 0.29) is 22.8 Å². The van der Waals surface area contributed by atoms with E-state index in [9.17, 15) is 14.7 Å². The lowest BCUT2D eigenvalue weighted by Crippen LogP contribution is -2.35. The van der Waals surface area contributed by atoms with Gasteiger partial charge in [-0.15, -0.1) is 0 Å². The zero-order valence-corrected chi connectivity index (χ0v) is 13.6. The number of aromatic hydroxyl groups is 1. The number of para-hydroxylation sites is 1. The van der Waals surface area contributed by atoms with E-state index in [1.165, 1.54) is 37.4 Å². The third-order valence-electron chi connectivity index (χ3n) is 3.72. The first kappa shape index (κ1) is 16.4. The van der Waals surface area contributed by atoms with Gasteiger partial charge < -0.3 is 14.6 Å². The predicted molar refractivity (Wildman–Crippen MR) is 91.3 cm³/mol. The molecule has 1 fully saturated rings. The van der Waals surface area contributed by atoms with E-state index in [2.05, 4.69) is 5.43 Å². The number of carbonyl (C=O) groups is 2. The molecule has 1 aliphatic rings. The highest BCUT2D eigenvalue weighted by Crippen LogP contribution is 2.38. The van der Waals surface area contributed by atoms with Crippen molar-refractivity contribution in [1.29, 1.82) is 0 Å². The fraction of sp³-hybridized carbons (Fsp3) is 0.111. The minimum absolute atomic E-state index is 0.0290. The number of hydrazine groups is 1. The molecule has 0 spiro atoms. The molecular weight excluding hydrogens is 324 g/mol. The van der Waals surface area contributed by atoms with Crippen LogP contribution < -0.4 is 19.9 Å². The van der Waals surface area contributed by atoms with Crippen LogP contribution in [0.15, 0.2) is 48.0 Å². The highest BCUT2D eigenvalue weighted by molar-refractivity contribution is 6.31. The molecule has 2 N–H and O–H groups in total. The SMILES string of the molecule is COc1cc(/C=C2/C(=O)NN(c3ccccc3)C2=O)cc(OC)c1O. The summed E-state index contributed by atoms with van der Waals surface area (Å²) in [5.74, 6) is -0.781. The van der Waals surface area contributed by atoms with E-state index in [4.69, 9.17) is 9.47 Å². The summed E-state index contributed by atoms with van der Waals surface area (Å²) in [6.07, 6.45) is 1.42. The largest absolute Gasteiger partial charge is 0.502 e. The van der Waals surface area contributed by atoms with Gasteiger partial charge in [-0.05, 0) is 35.9 Å². The van der Waals surface area contributed by atoms with E-state index in [1.807, 2.05) is 6.07 Å². The van der Waals surface area contributed by atoms with Crippen LogP contribution >= 0.6 is 0 Å². The minimum atomic E-state index is -0.514. The number of anilines is 1. The Balaban J connectivity index is 1.99. The van der Waals surface area contributed by atoms with E-state index in [0.717, 1.165) is 0 Å². The summed E-state index contributed by atoms with van der Waals surface area (Å²) >= 11 is 0. The Kier molecular flexibility index (Phi) is 4.30. The van der Waals surface area contributed by atoms with Crippen molar-refractivity contribution in [1.82, 2.24) is 5.43 Å². The average molecular weight is 340 g/mol. The number of rotatable bonds is 4. The molecule has 0 radical (unpaired) electrons. The van der Waals surface area contributed by atoms with Crippen molar-refractivity contribution in [2.45, 2.75) is 0 Å². The molecule has 1 aliphatic heterocycles. The molecule has 128 valence electrons. The standard InChI is InChI=1S/C18H16N2O5/c1-24-14-9-11(10-15(25-2)16(14)21)8-13-17(22)19-20(18(13)23)12-6-4-3-5-7-12/h3-10,21H,1-2H3,(H,19,22)/b13-8-. The second-order valence-electron chi connectivity index (χ2n) is 5.25. The van der Waals surface area contributed by atoms with Gasteiger partial charge in [0.1, 0.15) is 5.57 Å². The fourth-order valence-electron chi connectivity index (χ4n) is 2.48. The highest BCUT2D eigenvalue weighted by Gasteiger charge is 2.34. The topological polar surface area (TPSA) is 88.1 Å². The number of carbonyl (C=O) groups excluding carboxylic acids is 2. The smallest absolute Gasteiger partial charge is 0.282 e. The van der Waals surface area contributed by atoms with Gasteiger partial charge in [0.15, 0.2) is 11.5 Å². The minimum Gasteiger partial charge on any atom is -0.502 e. The molecule has 0 saturated carbocycles. The second-order valence-corrected chi connectivity index (χ2v) is 5.25. The number of amides is 2. The van der Waals surface area contributed by atoms with E-state index in [0.29, 0.717) is 11.3 Å². The molecule has 1 heterocycles. The van der Waals surface area contributed by atoms with E-state index >= 15 is 0 Å². The third-order valence-corrected chi connectivity index (χ3v) is 3.72. The van der Waals surface area contributed by atoms with Crippen LogP contribution in [0.2, 0.25) is 0 Å². The molecular formula is C18H16N2O5. The van der Waals surface area contributed by atoms with Gasteiger partial charge in [-0.1, -0.05) is 18.2 Å². The Hall–Kier alpha value is -3.48. The Morgan fingerprint density at radius 3 is 2.20 bits per heavy atom. The van der Waals surface area contributed by atoms with Gasteiger partial charge in [0.2, 0.25) is 5.75 Å². The monoisotopic (exact) mass is 340 g/mol. The fourth-order valence-corrected chi connectivity index (χ4v) is 2.48. The lowest BCUT2D eigenvalue weighted by atomic mass is 10.1. The Morgan fingerprint density at radius 1 is 1.04 bits per heavy atom. The van der Waals surface area contributed by atoms with Crippen molar-refractivity contribution in [3.8, 4) is 17.2 Å². The normalized spacial score (nSPS) is 15.4. The first-order valence-electron chi connectivity index (χ1n) is 7.42. The summed E-state index contributed by atoms with van der Waals surface area (Å²) < 4.78 is 10.2. The zero-order chi connectivity index (χ0) is 18.0. The van der Waals surface area contributed by atoms with Crippen LogP contribution in [0.5, 0.6) is 17.2 Å². The molecule has 1 saturated heterocycles. The molecule has 25 heavy (non-hydrogen) atoms. The van der Waals surface area contributed by atoms with Crippen molar-refractivity contribution < 1.29 is 24.2 Å². The maximum Gasteiger partial charge on any atom is 0.282 e. The molecule has 3 rings (SSSR count). The molecule has 0 aromatic heterocycles. The molecule has 0 unspecified atom stereocenters. The third kappa shape index (κ3) is 2.99. The van der Waals surface area contributed by atoms with Crippen LogP contribution in [0.1, 0.15) is 5.56 Å². The number of phenols is 1. The molecule has 0 aliphatic carbocycles. The number of hydrogen-bond donors (Lipinski definition) is 2. The van der Waals surface area contributed by atoms with Crippen LogP contribution in [0.25, 0.3) is 6.08 Å². The van der Waals surface area contributed by atoms with Crippen molar-refractivity contribution in [3.05, 3.63) is 53.6 Å². The second kappa shape index (κ2) is 6.56. The molecule has 7 heteroatoms.